The molecule has 0 radical (unpaired) electrons. The summed E-state index contributed by atoms with van der Waals surface area (Å²) < 4.78 is 10.5. The van der Waals surface area contributed by atoms with Crippen molar-refractivity contribution < 1.29 is 14.3 Å². The first-order valence-electron chi connectivity index (χ1n) is 7.07. The third-order valence-corrected chi connectivity index (χ3v) is 3.66. The number of ether oxygens (including phenoxy) is 2. The molecule has 0 aliphatic carbocycles. The van der Waals surface area contributed by atoms with Crippen LogP contribution in [0.4, 0.5) is 0 Å². The van der Waals surface area contributed by atoms with Crippen molar-refractivity contribution in [1.82, 2.24) is 0 Å². The Balaban J connectivity index is 2.34. The summed E-state index contributed by atoms with van der Waals surface area (Å²) >= 11 is 3.40. The Morgan fingerprint density at radius 2 is 1.95 bits per heavy atom. The van der Waals surface area contributed by atoms with E-state index in [9.17, 15) is 4.79 Å². The fraction of sp³-hybridized carbons (Fsp3) is 0.562. The van der Waals surface area contributed by atoms with Gasteiger partial charge in [-0.1, -0.05) is 52.7 Å². The first kappa shape index (κ1) is 17.2. The van der Waals surface area contributed by atoms with Crippen LogP contribution in [0, 0.1) is 0 Å². The van der Waals surface area contributed by atoms with Gasteiger partial charge in [-0.3, -0.25) is 0 Å². The quantitative estimate of drug-likeness (QED) is 0.369. The van der Waals surface area contributed by atoms with Crippen LogP contribution in [-0.4, -0.2) is 31.1 Å². The summed E-state index contributed by atoms with van der Waals surface area (Å²) in [6.07, 6.45) is 4.25. The lowest BCUT2D eigenvalue weighted by Crippen LogP contribution is -2.26. The highest BCUT2D eigenvalue weighted by Gasteiger charge is 2.19. The number of carbonyl (C=O) groups is 1. The molecule has 1 atom stereocenters. The van der Waals surface area contributed by atoms with Gasteiger partial charge >= 0.3 is 5.97 Å². The van der Waals surface area contributed by atoms with Crippen molar-refractivity contribution in [3.05, 3.63) is 35.9 Å². The van der Waals surface area contributed by atoms with Crippen LogP contribution in [0.15, 0.2) is 30.3 Å². The molecule has 0 fully saturated rings. The van der Waals surface area contributed by atoms with Crippen molar-refractivity contribution in [3.63, 3.8) is 0 Å². The minimum Gasteiger partial charge on any atom is -0.467 e. The number of alkyl halides is 1. The fourth-order valence-electron chi connectivity index (χ4n) is 1.94. The largest absolute Gasteiger partial charge is 0.467 e. The molecule has 112 valence electrons. The molecule has 0 aliphatic rings. The normalized spacial score (nSPS) is 12.1. The molecule has 0 saturated carbocycles. The van der Waals surface area contributed by atoms with Crippen LogP contribution in [0.5, 0.6) is 0 Å². The summed E-state index contributed by atoms with van der Waals surface area (Å²) in [5.74, 6) is -0.276. The van der Waals surface area contributed by atoms with Gasteiger partial charge < -0.3 is 9.47 Å². The summed E-state index contributed by atoms with van der Waals surface area (Å²) in [4.78, 5) is 11.7. The van der Waals surface area contributed by atoms with Crippen LogP contribution in [0.3, 0.4) is 0 Å². The Morgan fingerprint density at radius 1 is 1.20 bits per heavy atom. The maximum Gasteiger partial charge on any atom is 0.334 e. The number of unbranched alkanes of at least 4 members (excludes halogenated alkanes) is 2. The number of carbonyl (C=O) groups excluding carboxylic acids is 1. The van der Waals surface area contributed by atoms with Gasteiger partial charge in [-0.05, 0) is 31.2 Å². The molecular formula is C16H23BrO3. The van der Waals surface area contributed by atoms with E-state index in [-0.39, 0.29) is 5.97 Å². The van der Waals surface area contributed by atoms with Gasteiger partial charge in [0, 0.05) is 11.9 Å². The number of hydrogen-bond acceptors (Lipinski definition) is 3. The third kappa shape index (κ3) is 7.06. The zero-order chi connectivity index (χ0) is 14.6. The van der Waals surface area contributed by atoms with Crippen LogP contribution >= 0.6 is 15.9 Å². The van der Waals surface area contributed by atoms with Gasteiger partial charge in [-0.15, -0.1) is 0 Å². The van der Waals surface area contributed by atoms with Gasteiger partial charge in [0.1, 0.15) is 0 Å². The van der Waals surface area contributed by atoms with Crippen molar-refractivity contribution in [2.45, 2.75) is 38.2 Å². The van der Waals surface area contributed by atoms with E-state index in [1.54, 1.807) is 0 Å². The first-order valence-corrected chi connectivity index (χ1v) is 8.19. The Morgan fingerprint density at radius 3 is 2.60 bits per heavy atom. The van der Waals surface area contributed by atoms with Gasteiger partial charge in [0.15, 0.2) is 6.10 Å². The average Bonchev–Trinajstić information content (AvgIpc) is 2.50. The lowest BCUT2D eigenvalue weighted by molar-refractivity contribution is -0.154. The molecule has 3 nitrogen and oxygen atoms in total. The summed E-state index contributed by atoms with van der Waals surface area (Å²) in [5, 5.41) is 1.02. The fourth-order valence-corrected chi connectivity index (χ4v) is 2.34. The number of methoxy groups -OCH3 is 1. The maximum atomic E-state index is 11.7. The number of halogens is 1. The number of rotatable bonds is 10. The predicted octanol–water partition coefficient (Wildman–Crippen LogP) is 3.74. The number of benzene rings is 1. The van der Waals surface area contributed by atoms with Gasteiger partial charge in [-0.25, -0.2) is 4.79 Å². The van der Waals surface area contributed by atoms with Crippen molar-refractivity contribution in [2.24, 2.45) is 0 Å². The van der Waals surface area contributed by atoms with E-state index in [1.807, 2.05) is 18.2 Å². The van der Waals surface area contributed by atoms with E-state index in [4.69, 9.17) is 9.47 Å². The molecule has 1 aromatic rings. The van der Waals surface area contributed by atoms with Gasteiger partial charge in [0.25, 0.3) is 0 Å². The standard InChI is InChI=1S/C16H23BrO3/c1-19-16(18)15(20-13-7-3-6-12-17)11-10-14-8-4-2-5-9-14/h2,4-5,8-9,15H,3,6-7,10-13H2,1H3. The molecule has 1 unspecified atom stereocenters. The molecule has 0 saturated heterocycles. The van der Waals surface area contributed by atoms with Crippen LogP contribution in [0.2, 0.25) is 0 Å². The lowest BCUT2D eigenvalue weighted by Gasteiger charge is -2.15. The molecule has 1 rings (SSSR count). The Bertz CT molecular complexity index is 367. The molecule has 0 heterocycles. The predicted molar refractivity (Wildman–Crippen MR) is 84.2 cm³/mol. The molecule has 1 aromatic carbocycles. The monoisotopic (exact) mass is 342 g/mol. The topological polar surface area (TPSA) is 35.5 Å². The van der Waals surface area contributed by atoms with E-state index in [2.05, 4.69) is 28.1 Å². The second-order valence-corrected chi connectivity index (χ2v) is 5.45. The zero-order valence-corrected chi connectivity index (χ0v) is 13.6. The molecule has 4 heteroatoms. The summed E-state index contributed by atoms with van der Waals surface area (Å²) in [5.41, 5.74) is 1.21. The van der Waals surface area contributed by atoms with E-state index in [0.717, 1.165) is 31.0 Å². The van der Waals surface area contributed by atoms with E-state index >= 15 is 0 Å². The molecule has 0 aromatic heterocycles. The molecular weight excluding hydrogens is 320 g/mol. The van der Waals surface area contributed by atoms with Crippen molar-refractivity contribution in [3.8, 4) is 0 Å². The second kappa shape index (κ2) is 10.9. The summed E-state index contributed by atoms with van der Waals surface area (Å²) in [6.45, 7) is 0.613. The van der Waals surface area contributed by atoms with Crippen molar-refractivity contribution in [1.29, 1.82) is 0 Å². The molecule has 0 bridgehead atoms. The minimum atomic E-state index is -0.454. The summed E-state index contributed by atoms with van der Waals surface area (Å²) in [7, 11) is 1.41. The Kier molecular flexibility index (Phi) is 9.33. The van der Waals surface area contributed by atoms with E-state index < -0.39 is 6.10 Å². The Hall–Kier alpha value is -0.870. The highest BCUT2D eigenvalue weighted by Crippen LogP contribution is 2.10. The number of hydrogen-bond donors (Lipinski definition) is 0. The van der Waals surface area contributed by atoms with Gasteiger partial charge in [0.2, 0.25) is 0 Å². The second-order valence-electron chi connectivity index (χ2n) is 4.66. The highest BCUT2D eigenvalue weighted by molar-refractivity contribution is 9.09. The molecule has 0 aliphatic heterocycles. The SMILES string of the molecule is COC(=O)C(CCc1ccccc1)OCCCCCBr. The van der Waals surface area contributed by atoms with Crippen molar-refractivity contribution in [2.75, 3.05) is 19.0 Å². The van der Waals surface area contributed by atoms with Crippen molar-refractivity contribution >= 4 is 21.9 Å². The van der Waals surface area contributed by atoms with Crippen LogP contribution in [0.25, 0.3) is 0 Å². The van der Waals surface area contributed by atoms with Gasteiger partial charge in [-0.2, -0.15) is 0 Å². The molecule has 20 heavy (non-hydrogen) atoms. The maximum absolute atomic E-state index is 11.7. The van der Waals surface area contributed by atoms with Crippen LogP contribution in [-0.2, 0) is 20.7 Å². The molecule has 0 amide bonds. The van der Waals surface area contributed by atoms with Gasteiger partial charge in [0.05, 0.1) is 7.11 Å². The van der Waals surface area contributed by atoms with Crippen LogP contribution in [0.1, 0.15) is 31.2 Å². The summed E-state index contributed by atoms with van der Waals surface area (Å²) in [6, 6.07) is 10.1. The smallest absolute Gasteiger partial charge is 0.334 e. The number of esters is 1. The third-order valence-electron chi connectivity index (χ3n) is 3.10. The lowest BCUT2D eigenvalue weighted by atomic mass is 10.1. The molecule has 0 N–H and O–H groups in total. The first-order chi connectivity index (χ1) is 9.77. The minimum absolute atomic E-state index is 0.276. The van der Waals surface area contributed by atoms with E-state index in [1.165, 1.54) is 12.7 Å². The number of aryl methyl sites for hydroxylation is 1. The highest BCUT2D eigenvalue weighted by atomic mass is 79.9. The molecule has 0 spiro atoms. The average molecular weight is 343 g/mol. The zero-order valence-electron chi connectivity index (χ0n) is 12.0. The Labute approximate surface area is 129 Å². The van der Waals surface area contributed by atoms with Crippen LogP contribution < -0.4 is 0 Å². The van der Waals surface area contributed by atoms with E-state index in [0.29, 0.717) is 13.0 Å².